The van der Waals surface area contributed by atoms with Crippen LogP contribution in [0.25, 0.3) is 0 Å². The smallest absolute Gasteiger partial charge is 0.0900 e. The second-order valence-corrected chi connectivity index (χ2v) is 4.62. The van der Waals surface area contributed by atoms with E-state index in [0.29, 0.717) is 25.8 Å². The van der Waals surface area contributed by atoms with Crippen molar-refractivity contribution in [3.05, 3.63) is 0 Å². The van der Waals surface area contributed by atoms with Crippen molar-refractivity contribution in [1.29, 1.82) is 0 Å². The van der Waals surface area contributed by atoms with Crippen LogP contribution >= 0.6 is 0 Å². The molecule has 1 rings (SSSR count). The van der Waals surface area contributed by atoms with Gasteiger partial charge in [-0.1, -0.05) is 0 Å². The van der Waals surface area contributed by atoms with Crippen molar-refractivity contribution in [3.8, 4) is 0 Å². The summed E-state index contributed by atoms with van der Waals surface area (Å²) < 4.78 is 10.6. The first kappa shape index (κ1) is 14.9. The number of aliphatic hydroxyl groups is 1. The van der Waals surface area contributed by atoms with Gasteiger partial charge in [0.1, 0.15) is 0 Å². The molecule has 1 aliphatic heterocycles. The van der Waals surface area contributed by atoms with E-state index in [0.717, 1.165) is 39.0 Å². The van der Waals surface area contributed by atoms with Crippen molar-refractivity contribution in [3.63, 3.8) is 0 Å². The molecule has 1 atom stereocenters. The standard InChI is InChI=1S/C12H26N2O3/c1-16-10-11(15)9-14-6-3-12(4-7-14)17-8-2-5-13/h11-12,15H,2-10,13H2,1H3. The Labute approximate surface area is 104 Å². The minimum atomic E-state index is -0.380. The summed E-state index contributed by atoms with van der Waals surface area (Å²) in [5.74, 6) is 0. The molecule has 0 aliphatic carbocycles. The fourth-order valence-electron chi connectivity index (χ4n) is 2.13. The van der Waals surface area contributed by atoms with Gasteiger partial charge in [-0.15, -0.1) is 0 Å². The van der Waals surface area contributed by atoms with E-state index in [1.54, 1.807) is 7.11 Å². The lowest BCUT2D eigenvalue weighted by Crippen LogP contribution is -2.42. The third-order valence-electron chi connectivity index (χ3n) is 3.06. The molecular formula is C12H26N2O3. The van der Waals surface area contributed by atoms with E-state index in [1.165, 1.54) is 0 Å². The Kier molecular flexibility index (Phi) is 7.72. The Bertz CT molecular complexity index is 185. The Hall–Kier alpha value is -0.200. The molecule has 0 radical (unpaired) electrons. The summed E-state index contributed by atoms with van der Waals surface area (Å²) in [7, 11) is 1.61. The van der Waals surface area contributed by atoms with Crippen LogP contribution in [0.5, 0.6) is 0 Å². The highest BCUT2D eigenvalue weighted by Crippen LogP contribution is 2.14. The van der Waals surface area contributed by atoms with Crippen molar-refractivity contribution in [2.75, 3.05) is 46.5 Å². The summed E-state index contributed by atoms with van der Waals surface area (Å²) in [6, 6.07) is 0. The van der Waals surface area contributed by atoms with E-state index >= 15 is 0 Å². The lowest BCUT2D eigenvalue weighted by molar-refractivity contribution is -0.0121. The second-order valence-electron chi connectivity index (χ2n) is 4.62. The summed E-state index contributed by atoms with van der Waals surface area (Å²) >= 11 is 0. The molecule has 0 aromatic heterocycles. The average Bonchev–Trinajstić information content (AvgIpc) is 2.32. The molecule has 0 bridgehead atoms. The fraction of sp³-hybridized carbons (Fsp3) is 1.00. The molecule has 102 valence electrons. The molecule has 3 N–H and O–H groups in total. The molecule has 0 spiro atoms. The molecule has 1 saturated heterocycles. The summed E-state index contributed by atoms with van der Waals surface area (Å²) in [5.41, 5.74) is 5.42. The van der Waals surface area contributed by atoms with E-state index in [2.05, 4.69) is 4.90 Å². The van der Waals surface area contributed by atoms with Gasteiger partial charge in [-0.2, -0.15) is 0 Å². The SMILES string of the molecule is COCC(O)CN1CCC(OCCCN)CC1. The first-order valence-corrected chi connectivity index (χ1v) is 6.47. The Morgan fingerprint density at radius 2 is 2.12 bits per heavy atom. The molecule has 1 heterocycles. The summed E-state index contributed by atoms with van der Waals surface area (Å²) in [4.78, 5) is 2.27. The van der Waals surface area contributed by atoms with Crippen LogP contribution in [0, 0.1) is 0 Å². The topological polar surface area (TPSA) is 68.0 Å². The molecule has 1 unspecified atom stereocenters. The number of β-amino-alcohol motifs (C(OH)–C–C–N with tert-alkyl or cyclic N) is 1. The van der Waals surface area contributed by atoms with Gasteiger partial charge in [-0.25, -0.2) is 0 Å². The van der Waals surface area contributed by atoms with Crippen molar-refractivity contribution < 1.29 is 14.6 Å². The maximum absolute atomic E-state index is 9.63. The van der Waals surface area contributed by atoms with E-state index in [9.17, 15) is 5.11 Å². The van der Waals surface area contributed by atoms with Crippen molar-refractivity contribution >= 4 is 0 Å². The highest BCUT2D eigenvalue weighted by Gasteiger charge is 2.21. The highest BCUT2D eigenvalue weighted by atomic mass is 16.5. The van der Waals surface area contributed by atoms with Crippen LogP contribution in [0.2, 0.25) is 0 Å². The van der Waals surface area contributed by atoms with Gasteiger partial charge in [0, 0.05) is 33.4 Å². The van der Waals surface area contributed by atoms with Gasteiger partial charge >= 0.3 is 0 Å². The number of ether oxygens (including phenoxy) is 2. The van der Waals surface area contributed by atoms with Gasteiger partial charge in [-0.05, 0) is 25.8 Å². The monoisotopic (exact) mass is 246 g/mol. The number of methoxy groups -OCH3 is 1. The van der Waals surface area contributed by atoms with Crippen LogP contribution in [-0.2, 0) is 9.47 Å². The number of nitrogens with zero attached hydrogens (tertiary/aromatic N) is 1. The zero-order valence-electron chi connectivity index (χ0n) is 10.8. The molecular weight excluding hydrogens is 220 g/mol. The van der Waals surface area contributed by atoms with Gasteiger partial charge in [0.25, 0.3) is 0 Å². The first-order valence-electron chi connectivity index (χ1n) is 6.47. The van der Waals surface area contributed by atoms with E-state index in [1.807, 2.05) is 0 Å². The number of likely N-dealkylation sites (tertiary alicyclic amines) is 1. The molecule has 17 heavy (non-hydrogen) atoms. The lowest BCUT2D eigenvalue weighted by Gasteiger charge is -2.32. The first-order chi connectivity index (χ1) is 8.26. The Morgan fingerprint density at radius 3 is 2.71 bits per heavy atom. The molecule has 1 aliphatic rings. The summed E-state index contributed by atoms with van der Waals surface area (Å²) in [6.45, 7) is 4.56. The van der Waals surface area contributed by atoms with Crippen molar-refractivity contribution in [2.24, 2.45) is 5.73 Å². The zero-order valence-corrected chi connectivity index (χ0v) is 10.8. The minimum Gasteiger partial charge on any atom is -0.389 e. The Morgan fingerprint density at radius 1 is 1.41 bits per heavy atom. The number of nitrogens with two attached hydrogens (primary N) is 1. The van der Waals surface area contributed by atoms with Gasteiger partial charge in [-0.3, -0.25) is 0 Å². The predicted octanol–water partition coefficient (Wildman–Crippen LogP) is -0.176. The highest BCUT2D eigenvalue weighted by molar-refractivity contribution is 4.74. The molecule has 0 aromatic rings. The van der Waals surface area contributed by atoms with E-state index in [4.69, 9.17) is 15.2 Å². The third-order valence-corrected chi connectivity index (χ3v) is 3.06. The van der Waals surface area contributed by atoms with Crippen molar-refractivity contribution in [2.45, 2.75) is 31.5 Å². The van der Waals surface area contributed by atoms with Crippen LogP contribution in [0.15, 0.2) is 0 Å². The van der Waals surface area contributed by atoms with E-state index < -0.39 is 0 Å². The number of hydrogen-bond donors (Lipinski definition) is 2. The largest absolute Gasteiger partial charge is 0.389 e. The van der Waals surface area contributed by atoms with E-state index in [-0.39, 0.29) is 6.10 Å². The Balaban J connectivity index is 2.08. The fourth-order valence-corrected chi connectivity index (χ4v) is 2.13. The third kappa shape index (κ3) is 6.33. The number of aliphatic hydroxyl groups excluding tert-OH is 1. The van der Waals surface area contributed by atoms with Gasteiger partial charge in [0.2, 0.25) is 0 Å². The van der Waals surface area contributed by atoms with Gasteiger partial charge in [0.05, 0.1) is 18.8 Å². The molecule has 5 nitrogen and oxygen atoms in total. The quantitative estimate of drug-likeness (QED) is 0.582. The van der Waals surface area contributed by atoms with Crippen LogP contribution in [0.3, 0.4) is 0 Å². The second kappa shape index (κ2) is 8.83. The number of hydrogen-bond acceptors (Lipinski definition) is 5. The molecule has 1 fully saturated rings. The summed E-state index contributed by atoms with van der Waals surface area (Å²) in [6.07, 6.45) is 3.02. The van der Waals surface area contributed by atoms with Gasteiger partial charge < -0.3 is 25.2 Å². The minimum absolute atomic E-state index is 0.373. The van der Waals surface area contributed by atoms with Crippen LogP contribution in [-0.4, -0.2) is 68.7 Å². The molecule has 0 saturated carbocycles. The van der Waals surface area contributed by atoms with Gasteiger partial charge in [0.15, 0.2) is 0 Å². The van der Waals surface area contributed by atoms with Crippen LogP contribution < -0.4 is 5.73 Å². The van der Waals surface area contributed by atoms with Crippen LogP contribution in [0.1, 0.15) is 19.3 Å². The maximum atomic E-state index is 9.63. The normalized spacial score (nSPS) is 20.6. The average molecular weight is 246 g/mol. The number of piperidine rings is 1. The van der Waals surface area contributed by atoms with Crippen LogP contribution in [0.4, 0.5) is 0 Å². The molecule has 5 heteroatoms. The predicted molar refractivity (Wildman–Crippen MR) is 67.0 cm³/mol. The molecule has 0 amide bonds. The maximum Gasteiger partial charge on any atom is 0.0900 e. The summed E-state index contributed by atoms with van der Waals surface area (Å²) in [5, 5.41) is 9.63. The van der Waals surface area contributed by atoms with Crippen molar-refractivity contribution in [1.82, 2.24) is 4.90 Å². The zero-order chi connectivity index (χ0) is 12.5. The molecule has 0 aromatic carbocycles. The lowest BCUT2D eigenvalue weighted by atomic mass is 10.1. The number of rotatable bonds is 8.